The molecule has 1 aliphatic heterocycles. The summed E-state index contributed by atoms with van der Waals surface area (Å²) < 4.78 is 122. The van der Waals surface area contributed by atoms with Gasteiger partial charge in [-0.25, -0.2) is 10.2 Å². The zero-order chi connectivity index (χ0) is 22.5. The number of amides is 3. The molecule has 2 rings (SSSR count). The van der Waals surface area contributed by atoms with E-state index in [9.17, 15) is 49.1 Å². The average molecular weight is 460 g/mol. The molecule has 1 aromatic rings. The molecule has 1 fully saturated rings. The third-order valence-electron chi connectivity index (χ3n) is 3.49. The van der Waals surface area contributed by atoms with Crippen molar-refractivity contribution in [3.8, 4) is 0 Å². The Balaban J connectivity index is 2.14. The number of hydrogen-bond donors (Lipinski definition) is 3. The summed E-state index contributed by atoms with van der Waals surface area (Å²) in [5.74, 6) is -29.5. The first-order valence-electron chi connectivity index (χ1n) is 7.03. The summed E-state index contributed by atoms with van der Waals surface area (Å²) in [5, 5.41) is 2.02. The number of benzene rings is 1. The lowest BCUT2D eigenvalue weighted by Gasteiger charge is -2.31. The molecule has 1 heterocycles. The molecule has 29 heavy (non-hydrogen) atoms. The first kappa shape index (κ1) is 22.9. The Labute approximate surface area is 159 Å². The van der Waals surface area contributed by atoms with E-state index in [4.69, 9.17) is 11.6 Å². The number of hydrazine groups is 1. The van der Waals surface area contributed by atoms with Crippen LogP contribution in [0.25, 0.3) is 0 Å². The van der Waals surface area contributed by atoms with Crippen LogP contribution in [-0.2, 0) is 9.53 Å². The van der Waals surface area contributed by atoms with Gasteiger partial charge in [0.1, 0.15) is 0 Å². The molecule has 0 aromatic heterocycles. The van der Waals surface area contributed by atoms with Crippen molar-refractivity contribution in [2.24, 2.45) is 0 Å². The Morgan fingerprint density at radius 3 is 2.03 bits per heavy atom. The molecule has 0 spiro atoms. The van der Waals surface area contributed by atoms with Crippen LogP contribution in [0, 0.1) is 0 Å². The number of nitrogens with one attached hydrogen (secondary N) is 3. The second kappa shape index (κ2) is 6.83. The van der Waals surface area contributed by atoms with Gasteiger partial charge in [0.2, 0.25) is 0 Å². The van der Waals surface area contributed by atoms with Gasteiger partial charge in [-0.1, -0.05) is 17.7 Å². The van der Waals surface area contributed by atoms with Gasteiger partial charge in [-0.2, -0.15) is 39.5 Å². The third-order valence-corrected chi connectivity index (χ3v) is 3.73. The van der Waals surface area contributed by atoms with Gasteiger partial charge in [-0.15, -0.1) is 0 Å². The lowest BCUT2D eigenvalue weighted by molar-refractivity contribution is -0.367. The molecule has 0 saturated carbocycles. The van der Waals surface area contributed by atoms with E-state index >= 15 is 0 Å². The number of carbonyl (C=O) groups excluding carboxylic acids is 2. The third kappa shape index (κ3) is 3.41. The average Bonchev–Trinajstić information content (AvgIpc) is 2.67. The lowest BCUT2D eigenvalue weighted by Crippen LogP contribution is -2.66. The second-order valence-electron chi connectivity index (χ2n) is 5.48. The van der Waals surface area contributed by atoms with E-state index in [-0.39, 0.29) is 10.7 Å². The maximum atomic E-state index is 13.9. The zero-order valence-electron chi connectivity index (χ0n) is 13.3. The van der Waals surface area contributed by atoms with Crippen molar-refractivity contribution < 1.29 is 53.8 Å². The number of anilines is 1. The Hall–Kier alpha value is -2.42. The number of carbonyl (C=O) groups is 2. The van der Waals surface area contributed by atoms with Gasteiger partial charge < -0.3 is 5.32 Å². The first-order chi connectivity index (χ1) is 13.0. The molecule has 0 bridgehead atoms. The van der Waals surface area contributed by atoms with Gasteiger partial charge in [-0.05, 0) is 18.2 Å². The highest BCUT2D eigenvalue weighted by Gasteiger charge is 2.96. The van der Waals surface area contributed by atoms with Gasteiger partial charge >= 0.3 is 41.7 Å². The minimum Gasteiger partial charge on any atom is -0.307 e. The molecule has 16 heteroatoms. The first-order valence-corrected chi connectivity index (χ1v) is 7.41. The molecule has 1 atom stereocenters. The minimum atomic E-state index is -6.83. The number of urea groups is 1. The number of ether oxygens (including phenoxy) is 1. The van der Waals surface area contributed by atoms with Crippen molar-refractivity contribution in [3.63, 3.8) is 0 Å². The van der Waals surface area contributed by atoms with Gasteiger partial charge in [0.15, 0.2) is 0 Å². The standard InChI is InChI=1S/C13H7ClF9N3O3/c14-5-2-1-3-6(4-5)24-8(28)26-25-7(27)9(15,16)12(21)10(17,18)11(19,20)13(22,23)29-12/h1-4H,(H,25,27)(H2,24,26,28)/t12-/m1/s1. The predicted molar refractivity (Wildman–Crippen MR) is 76.5 cm³/mol. The fourth-order valence-electron chi connectivity index (χ4n) is 2.02. The van der Waals surface area contributed by atoms with E-state index < -0.39 is 41.7 Å². The van der Waals surface area contributed by atoms with Gasteiger partial charge in [0.25, 0.3) is 0 Å². The number of halogens is 10. The Morgan fingerprint density at radius 2 is 1.55 bits per heavy atom. The summed E-state index contributed by atoms with van der Waals surface area (Å²) in [5.41, 5.74) is 1.82. The number of alkyl halides is 9. The van der Waals surface area contributed by atoms with E-state index in [0.717, 1.165) is 16.9 Å². The molecule has 1 saturated heterocycles. The Morgan fingerprint density at radius 1 is 0.966 bits per heavy atom. The highest BCUT2D eigenvalue weighted by molar-refractivity contribution is 6.30. The molecule has 162 valence electrons. The molecular formula is C13H7ClF9N3O3. The highest BCUT2D eigenvalue weighted by Crippen LogP contribution is 2.64. The van der Waals surface area contributed by atoms with Crippen LogP contribution >= 0.6 is 11.6 Å². The molecule has 1 aliphatic rings. The van der Waals surface area contributed by atoms with E-state index in [2.05, 4.69) is 4.74 Å². The summed E-state index contributed by atoms with van der Waals surface area (Å²) in [6.07, 6.45) is -6.37. The molecule has 3 amide bonds. The molecule has 1 aromatic carbocycles. The maximum Gasteiger partial charge on any atom is 0.428 e. The van der Waals surface area contributed by atoms with Crippen LogP contribution in [0.3, 0.4) is 0 Å². The molecule has 0 radical (unpaired) electrons. The summed E-state index contributed by atoms with van der Waals surface area (Å²) >= 11 is 5.59. The normalized spacial score (nSPS) is 24.6. The second-order valence-corrected chi connectivity index (χ2v) is 5.92. The molecule has 0 unspecified atom stereocenters. The van der Waals surface area contributed by atoms with Crippen LogP contribution in [0.5, 0.6) is 0 Å². The SMILES string of the molecule is O=C(NNC(=O)C(F)(F)[C@@]1(F)OC(F)(F)C(F)(F)C1(F)F)Nc1cccc(Cl)c1. The van der Waals surface area contributed by atoms with Gasteiger partial charge in [0.05, 0.1) is 0 Å². The summed E-state index contributed by atoms with van der Waals surface area (Å²) in [7, 11) is 0. The number of rotatable bonds is 3. The number of hydrogen-bond acceptors (Lipinski definition) is 3. The summed E-state index contributed by atoms with van der Waals surface area (Å²) in [4.78, 5) is 22.8. The maximum absolute atomic E-state index is 13.9. The van der Waals surface area contributed by atoms with Crippen LogP contribution in [-0.4, -0.2) is 41.7 Å². The lowest BCUT2D eigenvalue weighted by atomic mass is 9.99. The molecule has 6 nitrogen and oxygen atoms in total. The van der Waals surface area contributed by atoms with Crippen molar-refractivity contribution in [1.29, 1.82) is 0 Å². The van der Waals surface area contributed by atoms with Crippen molar-refractivity contribution >= 4 is 29.2 Å². The smallest absolute Gasteiger partial charge is 0.307 e. The van der Waals surface area contributed by atoms with Crippen LogP contribution in [0.15, 0.2) is 24.3 Å². The van der Waals surface area contributed by atoms with Crippen molar-refractivity contribution in [1.82, 2.24) is 10.9 Å². The zero-order valence-corrected chi connectivity index (χ0v) is 14.1. The van der Waals surface area contributed by atoms with E-state index in [1.807, 2.05) is 5.32 Å². The summed E-state index contributed by atoms with van der Waals surface area (Å²) in [6.45, 7) is 0. The van der Waals surface area contributed by atoms with Gasteiger partial charge in [-0.3, -0.25) is 15.0 Å². The van der Waals surface area contributed by atoms with Crippen molar-refractivity contribution in [3.05, 3.63) is 29.3 Å². The van der Waals surface area contributed by atoms with E-state index in [1.165, 1.54) is 18.2 Å². The monoisotopic (exact) mass is 459 g/mol. The largest absolute Gasteiger partial charge is 0.428 e. The topological polar surface area (TPSA) is 79.5 Å². The van der Waals surface area contributed by atoms with Crippen LogP contribution in [0.1, 0.15) is 0 Å². The van der Waals surface area contributed by atoms with Crippen LogP contribution in [0.4, 0.5) is 50.0 Å². The minimum absolute atomic E-state index is 0.0529. The fourth-order valence-corrected chi connectivity index (χ4v) is 2.21. The Kier molecular flexibility index (Phi) is 5.38. The fraction of sp³-hybridized carbons (Fsp3) is 0.385. The van der Waals surface area contributed by atoms with E-state index in [1.54, 1.807) is 0 Å². The molecule has 0 aliphatic carbocycles. The van der Waals surface area contributed by atoms with Crippen molar-refractivity contribution in [2.45, 2.75) is 29.7 Å². The summed E-state index contributed by atoms with van der Waals surface area (Å²) in [6, 6.07) is 3.58. The van der Waals surface area contributed by atoms with Crippen LogP contribution in [0.2, 0.25) is 5.02 Å². The quantitative estimate of drug-likeness (QED) is 0.476. The Bertz CT molecular complexity index is 839. The molecule has 3 N–H and O–H groups in total. The van der Waals surface area contributed by atoms with Crippen LogP contribution < -0.4 is 16.2 Å². The van der Waals surface area contributed by atoms with Gasteiger partial charge in [0, 0.05) is 10.7 Å². The predicted octanol–water partition coefficient (Wildman–Crippen LogP) is 3.69. The van der Waals surface area contributed by atoms with E-state index in [0.29, 0.717) is 0 Å². The van der Waals surface area contributed by atoms with Crippen molar-refractivity contribution in [2.75, 3.05) is 5.32 Å². The molecular weight excluding hydrogens is 453 g/mol. The highest BCUT2D eigenvalue weighted by atomic mass is 35.5.